The number of nitrogens with zero attached hydrogens (tertiary/aromatic N) is 1. The van der Waals surface area contributed by atoms with Gasteiger partial charge in [-0.1, -0.05) is 41.5 Å². The van der Waals surface area contributed by atoms with Crippen molar-refractivity contribution in [2.45, 2.75) is 89.5 Å². The molecular formula is C17H31NO3Si. The zero-order valence-corrected chi connectivity index (χ0v) is 16.0. The summed E-state index contributed by atoms with van der Waals surface area (Å²) >= 11 is 0. The fourth-order valence-corrected chi connectivity index (χ4v) is 12.7. The summed E-state index contributed by atoms with van der Waals surface area (Å²) in [5, 5.41) is -0.244. The lowest BCUT2D eigenvalue weighted by atomic mass is 10.2. The molecule has 2 rings (SSSR count). The van der Waals surface area contributed by atoms with Crippen LogP contribution in [0.4, 0.5) is 0 Å². The van der Waals surface area contributed by atoms with E-state index < -0.39 is 8.24 Å². The van der Waals surface area contributed by atoms with E-state index in [9.17, 15) is 9.59 Å². The fourth-order valence-electron chi connectivity index (χ4n) is 4.95. The van der Waals surface area contributed by atoms with Crippen LogP contribution in [0.5, 0.6) is 0 Å². The Morgan fingerprint density at radius 3 is 1.82 bits per heavy atom. The molecule has 0 aliphatic carbocycles. The highest BCUT2D eigenvalue weighted by atomic mass is 28.3. The van der Waals surface area contributed by atoms with Crippen LogP contribution < -0.4 is 0 Å². The number of imide groups is 1. The third kappa shape index (κ3) is 2.56. The normalized spacial score (nSPS) is 25.0. The first-order valence-corrected chi connectivity index (χ1v) is 10.5. The fraction of sp³-hybridized carbons (Fsp3) is 0.882. The van der Waals surface area contributed by atoms with Crippen molar-refractivity contribution in [2.75, 3.05) is 6.61 Å². The van der Waals surface area contributed by atoms with Crippen LogP contribution in [0.3, 0.4) is 0 Å². The minimum Gasteiger partial charge on any atom is -0.379 e. The molecule has 2 amide bonds. The van der Waals surface area contributed by atoms with E-state index >= 15 is 0 Å². The maximum atomic E-state index is 12.7. The van der Waals surface area contributed by atoms with Crippen LogP contribution in [-0.2, 0) is 14.3 Å². The maximum absolute atomic E-state index is 12.7. The molecule has 1 atom stereocenters. The van der Waals surface area contributed by atoms with E-state index in [1.54, 1.807) is 4.57 Å². The van der Waals surface area contributed by atoms with Crippen LogP contribution in [-0.4, -0.2) is 36.9 Å². The molecular weight excluding hydrogens is 294 g/mol. The molecule has 1 unspecified atom stereocenters. The van der Waals surface area contributed by atoms with Crippen LogP contribution in [0.15, 0.2) is 0 Å². The lowest BCUT2D eigenvalue weighted by molar-refractivity contribution is -0.134. The molecule has 22 heavy (non-hydrogen) atoms. The summed E-state index contributed by atoms with van der Waals surface area (Å²) in [6.45, 7) is 13.9. The molecule has 0 N–H and O–H groups in total. The molecule has 0 aromatic rings. The van der Waals surface area contributed by atoms with E-state index in [-0.39, 0.29) is 27.6 Å². The number of ether oxygens (including phenoxy) is 1. The Labute approximate surface area is 135 Å². The third-order valence-corrected chi connectivity index (χ3v) is 12.5. The molecule has 2 aliphatic rings. The van der Waals surface area contributed by atoms with Gasteiger partial charge in [0, 0.05) is 19.4 Å². The van der Waals surface area contributed by atoms with Crippen LogP contribution >= 0.6 is 0 Å². The van der Waals surface area contributed by atoms with E-state index in [4.69, 9.17) is 4.74 Å². The first-order chi connectivity index (χ1) is 10.0. The molecule has 2 fully saturated rings. The molecule has 5 heteroatoms. The van der Waals surface area contributed by atoms with Crippen molar-refractivity contribution in [3.63, 3.8) is 0 Å². The number of hydrogen-bond acceptors (Lipinski definition) is 3. The van der Waals surface area contributed by atoms with Gasteiger partial charge < -0.3 is 9.30 Å². The number of carbonyl (C=O) groups excluding carboxylic acids is 2. The predicted molar refractivity (Wildman–Crippen MR) is 89.9 cm³/mol. The van der Waals surface area contributed by atoms with Gasteiger partial charge in [-0.15, -0.1) is 0 Å². The van der Waals surface area contributed by atoms with Gasteiger partial charge in [-0.25, -0.2) is 0 Å². The van der Waals surface area contributed by atoms with Crippen LogP contribution in [0.1, 0.15) is 73.6 Å². The van der Waals surface area contributed by atoms with Crippen LogP contribution in [0.25, 0.3) is 0 Å². The summed E-state index contributed by atoms with van der Waals surface area (Å²) in [5.41, 5.74) is 0.0484. The maximum Gasteiger partial charge on any atom is 0.221 e. The number of rotatable bonds is 2. The van der Waals surface area contributed by atoms with Crippen LogP contribution in [0.2, 0.25) is 10.1 Å². The van der Waals surface area contributed by atoms with Gasteiger partial charge in [-0.3, -0.25) is 9.59 Å². The van der Waals surface area contributed by atoms with Gasteiger partial charge in [0.2, 0.25) is 20.0 Å². The smallest absolute Gasteiger partial charge is 0.221 e. The Hall–Kier alpha value is -0.683. The summed E-state index contributed by atoms with van der Waals surface area (Å²) in [4.78, 5) is 25.3. The Bertz CT molecular complexity index is 426. The molecule has 0 aromatic heterocycles. The van der Waals surface area contributed by atoms with Crippen LogP contribution in [0, 0.1) is 0 Å². The molecule has 2 heterocycles. The second-order valence-corrected chi connectivity index (χ2v) is 14.4. The number of carbonyl (C=O) groups is 2. The van der Waals surface area contributed by atoms with Crippen molar-refractivity contribution in [3.05, 3.63) is 0 Å². The molecule has 2 aliphatic heterocycles. The molecule has 4 nitrogen and oxygen atoms in total. The van der Waals surface area contributed by atoms with Gasteiger partial charge in [0.25, 0.3) is 0 Å². The number of amides is 2. The van der Waals surface area contributed by atoms with E-state index in [0.29, 0.717) is 12.8 Å². The average molecular weight is 326 g/mol. The molecule has 0 aromatic carbocycles. The highest BCUT2D eigenvalue weighted by molar-refractivity contribution is 6.87. The predicted octanol–water partition coefficient (Wildman–Crippen LogP) is 3.79. The van der Waals surface area contributed by atoms with Crippen molar-refractivity contribution in [3.8, 4) is 0 Å². The molecule has 0 spiro atoms. The number of hydrogen-bond donors (Lipinski definition) is 0. The highest BCUT2D eigenvalue weighted by Gasteiger charge is 2.66. The zero-order valence-electron chi connectivity index (χ0n) is 15.0. The SMILES string of the molecule is CC(C)(C)[Si](C1CCCCO1)(N1C(=O)CCC1=O)C(C)(C)C. The van der Waals surface area contributed by atoms with E-state index in [1.807, 2.05) is 0 Å². The molecule has 0 saturated carbocycles. The molecule has 126 valence electrons. The largest absolute Gasteiger partial charge is 0.379 e. The first-order valence-electron chi connectivity index (χ1n) is 8.51. The van der Waals surface area contributed by atoms with Crippen molar-refractivity contribution >= 4 is 20.0 Å². The Balaban J connectivity index is 2.65. The summed E-state index contributed by atoms with van der Waals surface area (Å²) in [7, 11) is -2.58. The van der Waals surface area contributed by atoms with Crippen molar-refractivity contribution < 1.29 is 14.3 Å². The molecule has 0 bridgehead atoms. The zero-order chi connectivity index (χ0) is 16.8. The Kier molecular flexibility index (Phi) is 4.62. The second kappa shape index (κ2) is 5.75. The first kappa shape index (κ1) is 17.7. The van der Waals surface area contributed by atoms with Gasteiger partial charge in [0.15, 0.2) is 0 Å². The van der Waals surface area contributed by atoms with Crippen molar-refractivity contribution in [1.82, 2.24) is 4.57 Å². The van der Waals surface area contributed by atoms with Gasteiger partial charge in [-0.05, 0) is 29.3 Å². The van der Waals surface area contributed by atoms with Gasteiger partial charge in [-0.2, -0.15) is 0 Å². The summed E-state index contributed by atoms with van der Waals surface area (Å²) in [6.07, 6.45) is 3.91. The Morgan fingerprint density at radius 2 is 1.45 bits per heavy atom. The van der Waals surface area contributed by atoms with Gasteiger partial charge >= 0.3 is 0 Å². The standard InChI is InChI=1S/C17H31NO3Si/c1-16(2,3)22(17(4,5)6,15-9-7-8-12-21-15)18-13(19)10-11-14(18)20/h15H,7-12H2,1-6H3. The summed E-state index contributed by atoms with van der Waals surface area (Å²) in [6, 6.07) is 0. The van der Waals surface area contributed by atoms with Crippen molar-refractivity contribution in [1.29, 1.82) is 0 Å². The molecule has 2 saturated heterocycles. The van der Waals surface area contributed by atoms with E-state index in [1.165, 1.54) is 0 Å². The van der Waals surface area contributed by atoms with Gasteiger partial charge in [0.05, 0.1) is 5.73 Å². The van der Waals surface area contributed by atoms with E-state index in [0.717, 1.165) is 25.9 Å². The van der Waals surface area contributed by atoms with Gasteiger partial charge in [0.1, 0.15) is 0 Å². The highest BCUT2D eigenvalue weighted by Crippen LogP contribution is 2.57. The summed E-state index contributed by atoms with van der Waals surface area (Å²) < 4.78 is 7.95. The van der Waals surface area contributed by atoms with Crippen molar-refractivity contribution in [2.24, 2.45) is 0 Å². The minimum atomic E-state index is -2.58. The quantitative estimate of drug-likeness (QED) is 0.573. The lowest BCUT2D eigenvalue weighted by Crippen LogP contribution is -2.74. The second-order valence-electron chi connectivity index (χ2n) is 8.74. The molecule has 0 radical (unpaired) electrons. The Morgan fingerprint density at radius 1 is 0.955 bits per heavy atom. The third-order valence-electron chi connectivity index (χ3n) is 5.34. The monoisotopic (exact) mass is 325 g/mol. The topological polar surface area (TPSA) is 46.6 Å². The minimum absolute atomic E-state index is 0.0238. The lowest BCUT2D eigenvalue weighted by Gasteiger charge is -2.59. The van der Waals surface area contributed by atoms with E-state index in [2.05, 4.69) is 41.5 Å². The average Bonchev–Trinajstić information content (AvgIpc) is 2.70. The summed E-state index contributed by atoms with van der Waals surface area (Å²) in [5.74, 6) is 0.0476.